The van der Waals surface area contributed by atoms with E-state index in [1.54, 1.807) is 6.20 Å². The molecule has 2 heterocycles. The predicted octanol–water partition coefficient (Wildman–Crippen LogP) is 1.71. The third-order valence-corrected chi connectivity index (χ3v) is 4.23. The largest absolute Gasteiger partial charge is 1.00 e. The fraction of sp³-hybridized carbons (Fsp3) is 0.833. The summed E-state index contributed by atoms with van der Waals surface area (Å²) >= 11 is 0. The van der Waals surface area contributed by atoms with E-state index in [0.29, 0.717) is 6.04 Å². The average Bonchev–Trinajstić information content (AvgIpc) is 3.08. The van der Waals surface area contributed by atoms with Gasteiger partial charge in [-0.25, -0.2) is 5.10 Å². The quantitative estimate of drug-likeness (QED) is 0.411. The Kier molecular flexibility index (Phi) is 15.9. The molecule has 0 amide bonds. The Morgan fingerprint density at radius 3 is 2.27 bits per heavy atom. The molecule has 0 N–H and O–H groups in total. The van der Waals surface area contributed by atoms with Gasteiger partial charge in [0, 0.05) is 13.1 Å². The van der Waals surface area contributed by atoms with Crippen LogP contribution in [0.25, 0.3) is 0 Å². The van der Waals surface area contributed by atoms with Crippen LogP contribution in [0.3, 0.4) is 0 Å². The molecular formula is C18H34KN3. The van der Waals surface area contributed by atoms with E-state index in [2.05, 4.69) is 27.7 Å². The van der Waals surface area contributed by atoms with E-state index in [0.717, 1.165) is 0 Å². The first kappa shape index (κ1) is 22.8. The Balaban J connectivity index is 0.00000141. The van der Waals surface area contributed by atoms with Gasteiger partial charge in [-0.05, 0) is 25.8 Å². The summed E-state index contributed by atoms with van der Waals surface area (Å²) in [5.41, 5.74) is 0. The maximum absolute atomic E-state index is 4.31. The summed E-state index contributed by atoms with van der Waals surface area (Å²) in [5, 5.41) is 4.31. The molecule has 4 heteroatoms. The zero-order chi connectivity index (χ0) is 15.3. The van der Waals surface area contributed by atoms with Crippen LogP contribution in [-0.4, -0.2) is 34.3 Å². The average molecular weight is 332 g/mol. The predicted molar refractivity (Wildman–Crippen MR) is 90.5 cm³/mol. The molecule has 1 aromatic heterocycles. The molecule has 0 bridgehead atoms. The van der Waals surface area contributed by atoms with Gasteiger partial charge in [-0.3, -0.25) is 0 Å². The fourth-order valence-corrected chi connectivity index (χ4v) is 2.97. The first-order valence-corrected chi connectivity index (χ1v) is 9.02. The van der Waals surface area contributed by atoms with Gasteiger partial charge in [0.2, 0.25) is 0 Å². The zero-order valence-electron chi connectivity index (χ0n) is 15.4. The summed E-state index contributed by atoms with van der Waals surface area (Å²) in [4.78, 5) is 2.63. The molecule has 1 aromatic rings. The summed E-state index contributed by atoms with van der Waals surface area (Å²) in [7, 11) is 0. The van der Waals surface area contributed by atoms with Crippen LogP contribution in [-0.2, 0) is 0 Å². The van der Waals surface area contributed by atoms with Crippen LogP contribution >= 0.6 is 0 Å². The van der Waals surface area contributed by atoms with Crippen molar-refractivity contribution in [3.63, 3.8) is 0 Å². The second-order valence-electron chi connectivity index (χ2n) is 5.76. The van der Waals surface area contributed by atoms with E-state index in [1.807, 2.05) is 20.0 Å². The molecule has 2 rings (SSSR count). The number of unbranched alkanes of at least 4 members (excludes halogenated alkanes) is 5. The van der Waals surface area contributed by atoms with E-state index in [4.69, 9.17) is 0 Å². The fourth-order valence-electron chi connectivity index (χ4n) is 2.97. The van der Waals surface area contributed by atoms with Crippen molar-refractivity contribution >= 4 is 0 Å². The van der Waals surface area contributed by atoms with Gasteiger partial charge in [-0.1, -0.05) is 52.9 Å². The molecule has 0 spiro atoms. The maximum Gasteiger partial charge on any atom is 1.00 e. The second-order valence-corrected chi connectivity index (χ2v) is 5.76. The normalized spacial score (nSPS) is 15.8. The van der Waals surface area contributed by atoms with Gasteiger partial charge in [-0.2, -0.15) is 6.20 Å². The van der Waals surface area contributed by atoms with Crippen LogP contribution < -0.4 is 51.4 Å². The first-order valence-electron chi connectivity index (χ1n) is 9.02. The number of likely N-dealkylation sites (tertiary alicyclic amines) is 1. The van der Waals surface area contributed by atoms with Crippen LogP contribution in [0.15, 0.2) is 12.4 Å². The molecular weight excluding hydrogens is 297 g/mol. The molecule has 0 radical (unpaired) electrons. The first-order chi connectivity index (χ1) is 10.4. The third-order valence-electron chi connectivity index (χ3n) is 4.23. The molecule has 1 fully saturated rings. The Morgan fingerprint density at radius 1 is 1.05 bits per heavy atom. The Morgan fingerprint density at radius 2 is 1.68 bits per heavy atom. The molecule has 0 aliphatic carbocycles. The summed E-state index contributed by atoms with van der Waals surface area (Å²) in [6.45, 7) is 10.0. The standard InChI is InChI=1S/C16H28N3.C2H6.K/c1-2-3-4-5-6-7-12-18-14-9-16(10-15-18)19-13-8-11-17-19;1-2;/h11,13,16H,2-7,9-10,12,14-15H2,1H3;1-2H3;/q-1;;+1. The molecule has 1 aliphatic heterocycles. The Hall–Kier alpha value is 0.806. The van der Waals surface area contributed by atoms with E-state index < -0.39 is 0 Å². The number of nitrogens with zero attached hydrogens (tertiary/aromatic N) is 3. The van der Waals surface area contributed by atoms with E-state index >= 15 is 0 Å². The minimum Gasteiger partial charge on any atom is -0.432 e. The van der Waals surface area contributed by atoms with Crippen LogP contribution in [0, 0.1) is 6.07 Å². The van der Waals surface area contributed by atoms with Gasteiger partial charge in [0.25, 0.3) is 0 Å². The van der Waals surface area contributed by atoms with Crippen molar-refractivity contribution in [1.82, 2.24) is 14.7 Å². The summed E-state index contributed by atoms with van der Waals surface area (Å²) in [5.74, 6) is 0. The smallest absolute Gasteiger partial charge is 0.432 e. The topological polar surface area (TPSA) is 21.1 Å². The van der Waals surface area contributed by atoms with Gasteiger partial charge in [0.05, 0.1) is 6.04 Å². The summed E-state index contributed by atoms with van der Waals surface area (Å²) in [6.07, 6.45) is 14.6. The van der Waals surface area contributed by atoms with E-state index in [9.17, 15) is 0 Å². The van der Waals surface area contributed by atoms with Crippen LogP contribution in [0.5, 0.6) is 0 Å². The molecule has 1 saturated heterocycles. The molecule has 0 atom stereocenters. The van der Waals surface area contributed by atoms with Crippen molar-refractivity contribution < 1.29 is 51.4 Å². The molecule has 1 aliphatic rings. The van der Waals surface area contributed by atoms with Crippen LogP contribution in [0.2, 0.25) is 0 Å². The van der Waals surface area contributed by atoms with Crippen molar-refractivity contribution in [3.05, 3.63) is 18.5 Å². The molecule has 0 aromatic carbocycles. The zero-order valence-corrected chi connectivity index (χ0v) is 18.5. The number of hydrogen-bond donors (Lipinski definition) is 0. The second kappa shape index (κ2) is 15.3. The van der Waals surface area contributed by atoms with Crippen molar-refractivity contribution in [2.24, 2.45) is 0 Å². The van der Waals surface area contributed by atoms with Crippen molar-refractivity contribution in [2.75, 3.05) is 19.6 Å². The molecule has 22 heavy (non-hydrogen) atoms. The van der Waals surface area contributed by atoms with Gasteiger partial charge < -0.3 is 15.6 Å². The summed E-state index contributed by atoms with van der Waals surface area (Å²) in [6, 6.07) is 3.64. The van der Waals surface area contributed by atoms with E-state index in [1.165, 1.54) is 71.0 Å². The SMILES string of the molecule is CC.CCCCCCCCN1CCC(n2c[c-]cn2)CC1.[K+]. The van der Waals surface area contributed by atoms with Gasteiger partial charge >= 0.3 is 51.4 Å². The Labute approximate surface area is 180 Å². The number of hydrogen-bond acceptors (Lipinski definition) is 2. The molecule has 0 saturated carbocycles. The van der Waals surface area contributed by atoms with Crippen LogP contribution in [0.1, 0.15) is 78.2 Å². The van der Waals surface area contributed by atoms with Crippen LogP contribution in [0.4, 0.5) is 0 Å². The van der Waals surface area contributed by atoms with Crippen molar-refractivity contribution in [1.29, 1.82) is 0 Å². The Bertz CT molecular complexity index is 319. The van der Waals surface area contributed by atoms with Gasteiger partial charge in [0.15, 0.2) is 0 Å². The van der Waals surface area contributed by atoms with Gasteiger partial charge in [0.1, 0.15) is 0 Å². The van der Waals surface area contributed by atoms with Crippen molar-refractivity contribution in [3.8, 4) is 0 Å². The van der Waals surface area contributed by atoms with E-state index in [-0.39, 0.29) is 51.4 Å². The number of rotatable bonds is 8. The minimum atomic E-state index is 0. The third kappa shape index (κ3) is 9.19. The molecule has 122 valence electrons. The molecule has 3 nitrogen and oxygen atoms in total. The minimum absolute atomic E-state index is 0. The summed E-state index contributed by atoms with van der Waals surface area (Å²) < 4.78 is 2.09. The number of aromatic nitrogens is 2. The van der Waals surface area contributed by atoms with Gasteiger partial charge in [-0.15, -0.1) is 6.20 Å². The monoisotopic (exact) mass is 331 g/mol. The molecule has 0 unspecified atom stereocenters. The number of piperidine rings is 1. The van der Waals surface area contributed by atoms with Crippen molar-refractivity contribution in [2.45, 2.75) is 78.2 Å². The maximum atomic E-state index is 4.31.